The highest BCUT2D eigenvalue weighted by atomic mass is 16.2. The first-order valence-electron chi connectivity index (χ1n) is 12.5. The topological polar surface area (TPSA) is 118 Å². The average Bonchev–Trinajstić information content (AvgIpc) is 3.46. The minimum atomic E-state index is -0.450. The SMILES string of the molecule is CCCCc1nc2n(c(=O)c1Cc1ccc(-c3ccccc3)c(-c3nn[nH]n3)c1)C(C1CC1)C(=O)N2. The lowest BCUT2D eigenvalue weighted by Crippen LogP contribution is -2.30. The zero-order valence-corrected chi connectivity index (χ0v) is 20.1. The van der Waals surface area contributed by atoms with Gasteiger partial charge < -0.3 is 0 Å². The highest BCUT2D eigenvalue weighted by Gasteiger charge is 2.44. The largest absolute Gasteiger partial charge is 0.294 e. The summed E-state index contributed by atoms with van der Waals surface area (Å²) in [6.07, 6.45) is 4.95. The maximum Gasteiger partial charge on any atom is 0.259 e. The maximum atomic E-state index is 13.8. The number of aryl methyl sites for hydroxylation is 1. The van der Waals surface area contributed by atoms with Crippen molar-refractivity contribution in [3.05, 3.63) is 75.7 Å². The minimum Gasteiger partial charge on any atom is -0.294 e. The fourth-order valence-corrected chi connectivity index (χ4v) is 5.06. The molecule has 2 aromatic carbocycles. The molecule has 2 aromatic heterocycles. The molecule has 1 amide bonds. The van der Waals surface area contributed by atoms with Crippen molar-refractivity contribution in [1.82, 2.24) is 30.2 Å². The highest BCUT2D eigenvalue weighted by Crippen LogP contribution is 2.43. The van der Waals surface area contributed by atoms with E-state index in [1.54, 1.807) is 4.57 Å². The quantitative estimate of drug-likeness (QED) is 0.394. The molecule has 36 heavy (non-hydrogen) atoms. The molecule has 1 aliphatic heterocycles. The molecule has 9 heteroatoms. The van der Waals surface area contributed by atoms with Crippen molar-refractivity contribution in [2.75, 3.05) is 5.32 Å². The van der Waals surface area contributed by atoms with Gasteiger partial charge in [-0.3, -0.25) is 19.5 Å². The van der Waals surface area contributed by atoms with Gasteiger partial charge in [0, 0.05) is 17.5 Å². The number of carbonyl (C=O) groups is 1. The van der Waals surface area contributed by atoms with Gasteiger partial charge in [0.05, 0.1) is 5.69 Å². The van der Waals surface area contributed by atoms with Crippen LogP contribution in [-0.4, -0.2) is 36.1 Å². The van der Waals surface area contributed by atoms with E-state index in [0.717, 1.165) is 53.6 Å². The van der Waals surface area contributed by atoms with Crippen LogP contribution in [0.25, 0.3) is 22.5 Å². The Labute approximate surface area is 208 Å². The monoisotopic (exact) mass is 481 g/mol. The lowest BCUT2D eigenvalue weighted by atomic mass is 9.94. The first-order chi connectivity index (χ1) is 17.6. The van der Waals surface area contributed by atoms with E-state index in [0.29, 0.717) is 30.2 Å². The second kappa shape index (κ2) is 9.14. The Morgan fingerprint density at radius 2 is 1.89 bits per heavy atom. The van der Waals surface area contributed by atoms with Crippen molar-refractivity contribution >= 4 is 11.9 Å². The molecular weight excluding hydrogens is 454 g/mol. The van der Waals surface area contributed by atoms with E-state index in [9.17, 15) is 9.59 Å². The van der Waals surface area contributed by atoms with Crippen LogP contribution in [0.5, 0.6) is 0 Å². The Morgan fingerprint density at radius 1 is 1.06 bits per heavy atom. The predicted molar refractivity (Wildman–Crippen MR) is 135 cm³/mol. The summed E-state index contributed by atoms with van der Waals surface area (Å²) in [5.74, 6) is 0.986. The number of H-pyrrole nitrogens is 1. The summed E-state index contributed by atoms with van der Waals surface area (Å²) in [5, 5.41) is 17.6. The number of aromatic amines is 1. The molecule has 3 heterocycles. The summed E-state index contributed by atoms with van der Waals surface area (Å²) >= 11 is 0. The van der Waals surface area contributed by atoms with Crippen molar-refractivity contribution in [2.24, 2.45) is 5.92 Å². The number of benzene rings is 2. The molecule has 1 saturated carbocycles. The summed E-state index contributed by atoms with van der Waals surface area (Å²) in [7, 11) is 0. The third-order valence-corrected chi connectivity index (χ3v) is 7.05. The van der Waals surface area contributed by atoms with E-state index in [2.05, 4.69) is 32.9 Å². The van der Waals surface area contributed by atoms with Gasteiger partial charge in [-0.1, -0.05) is 55.8 Å². The smallest absolute Gasteiger partial charge is 0.259 e. The van der Waals surface area contributed by atoms with Gasteiger partial charge in [-0.15, -0.1) is 10.2 Å². The van der Waals surface area contributed by atoms with E-state index < -0.39 is 6.04 Å². The van der Waals surface area contributed by atoms with Gasteiger partial charge in [0.15, 0.2) is 0 Å². The van der Waals surface area contributed by atoms with Crippen LogP contribution in [-0.2, 0) is 17.6 Å². The molecule has 1 aliphatic carbocycles. The standard InChI is InChI=1S/C27H27N7O2/c1-2-3-9-22-21(26(36)34-23(18-11-12-18)25(35)29-27(34)28-22)15-16-10-13-19(17-7-5-4-6-8-17)20(14-16)24-30-32-33-31-24/h4-8,10,13-14,18,23H,2-3,9,11-12,15H2,1H3,(H,28,29,35)(H,30,31,32,33). The third kappa shape index (κ3) is 4.00. The fraction of sp³-hybridized carbons (Fsp3) is 0.333. The first-order valence-corrected chi connectivity index (χ1v) is 12.5. The third-order valence-electron chi connectivity index (χ3n) is 7.05. The van der Waals surface area contributed by atoms with Gasteiger partial charge in [0.1, 0.15) is 6.04 Å². The molecule has 1 fully saturated rings. The van der Waals surface area contributed by atoms with Crippen molar-refractivity contribution in [1.29, 1.82) is 0 Å². The molecule has 1 atom stereocenters. The lowest BCUT2D eigenvalue weighted by Gasteiger charge is -2.15. The molecule has 6 rings (SSSR count). The Kier molecular flexibility index (Phi) is 5.67. The molecule has 0 spiro atoms. The van der Waals surface area contributed by atoms with E-state index in [1.165, 1.54) is 0 Å². The summed E-state index contributed by atoms with van der Waals surface area (Å²) in [4.78, 5) is 31.3. The van der Waals surface area contributed by atoms with Crippen LogP contribution in [0.15, 0.2) is 53.3 Å². The number of tetrazole rings is 1. The average molecular weight is 482 g/mol. The molecule has 0 bridgehead atoms. The van der Waals surface area contributed by atoms with Crippen LogP contribution in [0.4, 0.5) is 5.95 Å². The molecular formula is C27H27N7O2. The summed E-state index contributed by atoms with van der Waals surface area (Å²) < 4.78 is 1.60. The van der Waals surface area contributed by atoms with Gasteiger partial charge in [0.2, 0.25) is 17.7 Å². The number of nitrogens with one attached hydrogen (secondary N) is 2. The summed E-state index contributed by atoms with van der Waals surface area (Å²) in [6.45, 7) is 2.12. The van der Waals surface area contributed by atoms with Crippen LogP contribution in [0.1, 0.15) is 55.5 Å². The molecule has 4 aromatic rings. The Hall–Kier alpha value is -4.14. The molecule has 1 unspecified atom stereocenters. The minimum absolute atomic E-state index is 0.116. The van der Waals surface area contributed by atoms with Crippen LogP contribution >= 0.6 is 0 Å². The number of anilines is 1. The summed E-state index contributed by atoms with van der Waals surface area (Å²) in [5.41, 5.74) is 5.12. The number of nitrogens with zero attached hydrogens (tertiary/aromatic N) is 5. The number of fused-ring (bicyclic) bond motifs is 1. The zero-order chi connectivity index (χ0) is 24.6. The molecule has 182 valence electrons. The van der Waals surface area contributed by atoms with Crippen LogP contribution < -0.4 is 10.9 Å². The van der Waals surface area contributed by atoms with Crippen molar-refractivity contribution in [2.45, 2.75) is 51.5 Å². The van der Waals surface area contributed by atoms with Gasteiger partial charge in [-0.2, -0.15) is 5.21 Å². The number of hydrogen-bond acceptors (Lipinski definition) is 6. The Bertz CT molecular complexity index is 1470. The maximum absolute atomic E-state index is 13.8. The second-order valence-corrected chi connectivity index (χ2v) is 9.57. The molecule has 2 aliphatic rings. The van der Waals surface area contributed by atoms with E-state index >= 15 is 0 Å². The number of hydrogen-bond donors (Lipinski definition) is 2. The molecule has 0 saturated heterocycles. The number of carbonyl (C=O) groups excluding carboxylic acids is 1. The number of aromatic nitrogens is 6. The van der Waals surface area contributed by atoms with Crippen molar-refractivity contribution < 1.29 is 4.79 Å². The van der Waals surface area contributed by atoms with Crippen molar-refractivity contribution in [3.8, 4) is 22.5 Å². The molecule has 0 radical (unpaired) electrons. The van der Waals surface area contributed by atoms with Crippen molar-refractivity contribution in [3.63, 3.8) is 0 Å². The van der Waals surface area contributed by atoms with Gasteiger partial charge in [-0.25, -0.2) is 4.98 Å². The van der Waals surface area contributed by atoms with E-state index in [4.69, 9.17) is 4.98 Å². The van der Waals surface area contributed by atoms with Gasteiger partial charge in [-0.05, 0) is 59.6 Å². The van der Waals surface area contributed by atoms with E-state index in [-0.39, 0.29) is 17.4 Å². The summed E-state index contributed by atoms with van der Waals surface area (Å²) in [6, 6.07) is 15.7. The van der Waals surface area contributed by atoms with Crippen LogP contribution in [0.3, 0.4) is 0 Å². The number of amides is 1. The predicted octanol–water partition coefficient (Wildman–Crippen LogP) is 3.93. The lowest BCUT2D eigenvalue weighted by molar-refractivity contribution is -0.118. The van der Waals surface area contributed by atoms with Crippen LogP contribution in [0, 0.1) is 5.92 Å². The normalized spacial score (nSPS) is 16.7. The number of unbranched alkanes of at least 4 members (excludes halogenated alkanes) is 1. The molecule has 9 nitrogen and oxygen atoms in total. The molecule has 2 N–H and O–H groups in total. The highest BCUT2D eigenvalue weighted by molar-refractivity contribution is 5.96. The Morgan fingerprint density at radius 3 is 2.61 bits per heavy atom. The second-order valence-electron chi connectivity index (χ2n) is 9.57. The Balaban J connectivity index is 1.44. The zero-order valence-electron chi connectivity index (χ0n) is 20.1. The first kappa shape index (κ1) is 22.3. The fourth-order valence-electron chi connectivity index (χ4n) is 5.06. The van der Waals surface area contributed by atoms with Gasteiger partial charge in [0.25, 0.3) is 5.56 Å². The van der Waals surface area contributed by atoms with Gasteiger partial charge >= 0.3 is 0 Å². The van der Waals surface area contributed by atoms with E-state index in [1.807, 2.05) is 48.5 Å². The van der Waals surface area contributed by atoms with Crippen LogP contribution in [0.2, 0.25) is 0 Å². The number of rotatable bonds is 8.